The topological polar surface area (TPSA) is 81.0 Å². The van der Waals surface area contributed by atoms with Crippen molar-refractivity contribution < 1.29 is 4.79 Å². The number of nitrogens with one attached hydrogen (secondary N) is 2. The molecular weight excluding hydrogens is 437 g/mol. The van der Waals surface area contributed by atoms with Gasteiger partial charge in [0.1, 0.15) is 11.4 Å². The first-order chi connectivity index (χ1) is 14.1. The molecule has 0 spiro atoms. The predicted octanol–water partition coefficient (Wildman–Crippen LogP) is 3.73. The summed E-state index contributed by atoms with van der Waals surface area (Å²) >= 11 is 0. The molecule has 1 unspecified atom stereocenters. The molecule has 1 amide bonds. The Bertz CT molecular complexity index is 963. The Morgan fingerprint density at radius 1 is 1.19 bits per heavy atom. The highest BCUT2D eigenvalue weighted by Gasteiger charge is 2.22. The molecule has 0 saturated carbocycles. The third-order valence-corrected chi connectivity index (χ3v) is 6.02. The third-order valence-electron chi connectivity index (χ3n) is 6.02. The van der Waals surface area contributed by atoms with E-state index >= 15 is 0 Å². The molecule has 170 valence electrons. The molecule has 1 atom stereocenters. The second-order valence-electron chi connectivity index (χ2n) is 8.07. The van der Waals surface area contributed by atoms with Crippen LogP contribution in [0.3, 0.4) is 0 Å². The highest BCUT2D eigenvalue weighted by Crippen LogP contribution is 2.22. The number of aromatic nitrogens is 3. The van der Waals surface area contributed by atoms with Crippen LogP contribution in [0.15, 0.2) is 41.5 Å². The van der Waals surface area contributed by atoms with Crippen LogP contribution in [0.4, 0.5) is 5.82 Å². The molecule has 2 N–H and O–H groups in total. The lowest BCUT2D eigenvalue weighted by molar-refractivity contribution is 0.102. The monoisotopic (exact) mass is 467 g/mol. The number of hydrogen-bond donors (Lipinski definition) is 2. The third kappa shape index (κ3) is 5.79. The molecule has 4 rings (SSSR count). The molecule has 0 bridgehead atoms. The maximum Gasteiger partial charge on any atom is 0.263 e. The van der Waals surface area contributed by atoms with Gasteiger partial charge in [-0.25, -0.2) is 4.68 Å². The Morgan fingerprint density at radius 2 is 1.97 bits per heavy atom. The lowest BCUT2D eigenvalue weighted by atomic mass is 9.94. The number of piperidine rings is 1. The first-order valence-corrected chi connectivity index (χ1v) is 10.5. The number of allylic oxidation sites excluding steroid dienone is 2. The van der Waals surface area contributed by atoms with Crippen molar-refractivity contribution in [3.63, 3.8) is 0 Å². The Morgan fingerprint density at radius 3 is 2.68 bits per heavy atom. The van der Waals surface area contributed by atoms with E-state index in [1.54, 1.807) is 16.8 Å². The minimum Gasteiger partial charge on any atom is -0.317 e. The predicted molar refractivity (Wildman–Crippen MR) is 128 cm³/mol. The zero-order chi connectivity index (χ0) is 20.2. The quantitative estimate of drug-likeness (QED) is 0.656. The summed E-state index contributed by atoms with van der Waals surface area (Å²) < 4.78 is 3.57. The Labute approximate surface area is 195 Å². The maximum absolute atomic E-state index is 13.1. The van der Waals surface area contributed by atoms with Crippen LogP contribution in [0.2, 0.25) is 0 Å². The summed E-state index contributed by atoms with van der Waals surface area (Å²) in [6.45, 7) is 4.36. The number of pyridine rings is 1. The molecule has 9 heteroatoms. The zero-order valence-corrected chi connectivity index (χ0v) is 19.4. The summed E-state index contributed by atoms with van der Waals surface area (Å²) in [6, 6.07) is 3.80. The average molecular weight is 468 g/mol. The summed E-state index contributed by atoms with van der Waals surface area (Å²) in [4.78, 5) is 26.2. The van der Waals surface area contributed by atoms with Gasteiger partial charge >= 0.3 is 0 Å². The van der Waals surface area contributed by atoms with E-state index in [4.69, 9.17) is 0 Å². The van der Waals surface area contributed by atoms with Gasteiger partial charge in [0.15, 0.2) is 0 Å². The van der Waals surface area contributed by atoms with E-state index in [-0.39, 0.29) is 47.9 Å². The number of carbonyl (C=O) groups excluding carboxylic acids is 1. The summed E-state index contributed by atoms with van der Waals surface area (Å²) in [5, 5.41) is 10.6. The van der Waals surface area contributed by atoms with Crippen LogP contribution in [0, 0.1) is 12.8 Å². The van der Waals surface area contributed by atoms with E-state index in [1.807, 2.05) is 23.9 Å². The van der Waals surface area contributed by atoms with Gasteiger partial charge in [0.2, 0.25) is 0 Å². The molecule has 0 aromatic carbocycles. The maximum atomic E-state index is 13.1. The summed E-state index contributed by atoms with van der Waals surface area (Å²) in [7, 11) is 0. The molecule has 1 fully saturated rings. The normalized spacial score (nSPS) is 18.7. The summed E-state index contributed by atoms with van der Waals surface area (Å²) in [5.41, 5.74) is 0.707. The van der Waals surface area contributed by atoms with E-state index in [1.165, 1.54) is 0 Å². The minimum absolute atomic E-state index is 0. The van der Waals surface area contributed by atoms with Crippen molar-refractivity contribution in [1.29, 1.82) is 0 Å². The number of hydrogen-bond acceptors (Lipinski definition) is 4. The van der Waals surface area contributed by atoms with Gasteiger partial charge < -0.3 is 15.2 Å². The smallest absolute Gasteiger partial charge is 0.263 e. The van der Waals surface area contributed by atoms with Gasteiger partial charge in [0.05, 0.1) is 6.20 Å². The van der Waals surface area contributed by atoms with Gasteiger partial charge in [-0.1, -0.05) is 12.2 Å². The number of halogens is 2. The first kappa shape index (κ1) is 25.2. The lowest BCUT2D eigenvalue weighted by Gasteiger charge is -2.25. The second kappa shape index (κ2) is 11.5. The number of carbonyl (C=O) groups is 1. The number of rotatable bonds is 5. The van der Waals surface area contributed by atoms with Crippen molar-refractivity contribution >= 4 is 36.5 Å². The highest BCUT2D eigenvalue weighted by molar-refractivity contribution is 6.04. The molecule has 1 aliphatic heterocycles. The van der Waals surface area contributed by atoms with Crippen LogP contribution >= 0.6 is 24.8 Å². The van der Waals surface area contributed by atoms with Gasteiger partial charge in [-0.15, -0.1) is 24.8 Å². The van der Waals surface area contributed by atoms with Crippen LogP contribution < -0.4 is 16.2 Å². The molecule has 3 heterocycles. The molecule has 1 aliphatic carbocycles. The molecule has 2 aromatic heterocycles. The Kier molecular flexibility index (Phi) is 9.34. The fourth-order valence-corrected chi connectivity index (χ4v) is 4.32. The number of amides is 1. The van der Waals surface area contributed by atoms with Gasteiger partial charge in [-0.3, -0.25) is 9.59 Å². The average Bonchev–Trinajstić information content (AvgIpc) is 3.16. The molecule has 0 radical (unpaired) electrons. The second-order valence-corrected chi connectivity index (χ2v) is 8.07. The molecule has 2 aromatic rings. The number of nitrogens with zero attached hydrogens (tertiary/aromatic N) is 3. The van der Waals surface area contributed by atoms with Gasteiger partial charge in [0, 0.05) is 24.8 Å². The fraction of sp³-hybridized carbons (Fsp3) is 0.500. The van der Waals surface area contributed by atoms with Crippen molar-refractivity contribution in [2.45, 2.75) is 51.6 Å². The van der Waals surface area contributed by atoms with E-state index < -0.39 is 0 Å². The van der Waals surface area contributed by atoms with Gasteiger partial charge in [-0.2, -0.15) is 5.10 Å². The highest BCUT2D eigenvalue weighted by atomic mass is 35.5. The van der Waals surface area contributed by atoms with Gasteiger partial charge in [0.25, 0.3) is 11.5 Å². The van der Waals surface area contributed by atoms with E-state index in [0.29, 0.717) is 17.3 Å². The van der Waals surface area contributed by atoms with E-state index in [0.717, 1.165) is 51.7 Å². The molecule has 1 saturated heterocycles. The molecule has 2 aliphatic rings. The van der Waals surface area contributed by atoms with Crippen molar-refractivity contribution in [3.8, 4) is 0 Å². The van der Waals surface area contributed by atoms with Crippen molar-refractivity contribution in [3.05, 3.63) is 58.2 Å². The zero-order valence-electron chi connectivity index (χ0n) is 17.8. The van der Waals surface area contributed by atoms with Gasteiger partial charge in [-0.05, 0) is 69.7 Å². The standard InChI is InChI=1S/C22H29N5O2.2ClH/c1-16-10-14-26(18-7-11-23-12-8-18)22(29)20(16)21(28)25-19-9-13-24-27(19)15-17-5-3-2-4-6-17;;/h2-3,9-10,13-14,17-18,23H,4-8,11-12,15H2,1H3,(H,25,28);2*1H. The number of aryl methyl sites for hydroxylation is 1. The molecule has 31 heavy (non-hydrogen) atoms. The Balaban J connectivity index is 0.00000171. The number of anilines is 1. The molecule has 7 nitrogen and oxygen atoms in total. The largest absolute Gasteiger partial charge is 0.317 e. The van der Waals surface area contributed by atoms with Crippen LogP contribution in [0.1, 0.15) is 54.1 Å². The van der Waals surface area contributed by atoms with Crippen molar-refractivity contribution in [2.24, 2.45) is 5.92 Å². The molecular formula is C22H31Cl2N5O2. The summed E-state index contributed by atoms with van der Waals surface area (Å²) in [5.74, 6) is 0.799. The van der Waals surface area contributed by atoms with Crippen LogP contribution in [-0.2, 0) is 6.54 Å². The van der Waals surface area contributed by atoms with E-state index in [9.17, 15) is 9.59 Å². The van der Waals surface area contributed by atoms with E-state index in [2.05, 4.69) is 27.9 Å². The lowest BCUT2D eigenvalue weighted by Crippen LogP contribution is -2.37. The van der Waals surface area contributed by atoms with Crippen molar-refractivity contribution in [2.75, 3.05) is 18.4 Å². The fourth-order valence-electron chi connectivity index (χ4n) is 4.32. The summed E-state index contributed by atoms with van der Waals surface area (Å²) in [6.07, 6.45) is 13.0. The van der Waals surface area contributed by atoms with Crippen LogP contribution in [0.25, 0.3) is 0 Å². The minimum atomic E-state index is -0.360. The first-order valence-electron chi connectivity index (χ1n) is 10.5. The van der Waals surface area contributed by atoms with Crippen molar-refractivity contribution in [1.82, 2.24) is 19.7 Å². The SMILES string of the molecule is Cc1ccn(C2CCNCC2)c(=O)c1C(=O)Nc1ccnn1CC1CC=CCC1.Cl.Cl. The van der Waals surface area contributed by atoms with Crippen LogP contribution in [-0.4, -0.2) is 33.3 Å². The van der Waals surface area contributed by atoms with Crippen LogP contribution in [0.5, 0.6) is 0 Å². The Hall–Kier alpha value is -2.09.